The maximum Gasteiger partial charge on any atom is 0.248 e. The highest BCUT2D eigenvalue weighted by molar-refractivity contribution is 6.00. The number of carbonyl (C=O) groups is 2. The molecule has 3 fully saturated rings. The Bertz CT molecular complexity index is 1160. The van der Waals surface area contributed by atoms with Gasteiger partial charge < -0.3 is 15.3 Å². The van der Waals surface area contributed by atoms with Crippen LogP contribution in [-0.4, -0.2) is 73.8 Å². The Labute approximate surface area is 257 Å². The topological polar surface area (TPSA) is 90.7 Å². The molecule has 1 spiro atoms. The summed E-state index contributed by atoms with van der Waals surface area (Å²) in [4.78, 5) is 31.9. The minimum atomic E-state index is -0.830. The fourth-order valence-electron chi connectivity index (χ4n) is 6.98. The molecule has 41 heavy (non-hydrogen) atoms. The van der Waals surface area contributed by atoms with Gasteiger partial charge in [0.25, 0.3) is 0 Å². The van der Waals surface area contributed by atoms with E-state index in [2.05, 4.69) is 43.1 Å². The molecule has 0 bridgehead atoms. The lowest BCUT2D eigenvalue weighted by Gasteiger charge is -2.52. The third-order valence-corrected chi connectivity index (χ3v) is 9.47. The number of aryl methyl sites for hydroxylation is 1. The highest BCUT2D eigenvalue weighted by atomic mass is 35.5. The Hall–Kier alpha value is -2.13. The second-order valence-electron chi connectivity index (χ2n) is 11.9. The van der Waals surface area contributed by atoms with Crippen LogP contribution in [0.15, 0.2) is 30.3 Å². The molecule has 3 aliphatic rings. The fraction of sp³-hybridized carbons (Fsp3) is 0.645. The van der Waals surface area contributed by atoms with E-state index in [9.17, 15) is 14.7 Å². The number of benzene rings is 1. The first kappa shape index (κ1) is 33.4. The van der Waals surface area contributed by atoms with Crippen LogP contribution >= 0.6 is 24.8 Å². The average molecular weight is 609 g/mol. The number of aliphatic hydroxyl groups excluding tert-OH is 1. The zero-order valence-electron chi connectivity index (χ0n) is 24.7. The van der Waals surface area contributed by atoms with Crippen molar-refractivity contribution in [3.63, 3.8) is 0 Å². The fourth-order valence-corrected chi connectivity index (χ4v) is 6.98. The quantitative estimate of drug-likeness (QED) is 0.452. The van der Waals surface area contributed by atoms with Crippen molar-refractivity contribution in [2.45, 2.75) is 103 Å². The number of hydrogen-bond acceptors (Lipinski definition) is 5. The van der Waals surface area contributed by atoms with E-state index in [1.807, 2.05) is 27.8 Å². The highest BCUT2D eigenvalue weighted by Gasteiger charge is 2.55. The number of hydrogen-bond donors (Lipinski definition) is 2. The molecule has 1 aromatic heterocycles. The van der Waals surface area contributed by atoms with Crippen molar-refractivity contribution in [1.29, 1.82) is 0 Å². The lowest BCUT2D eigenvalue weighted by molar-refractivity contribution is -0.166. The van der Waals surface area contributed by atoms with E-state index >= 15 is 0 Å². The standard InChI is InChI=1S/C31H45N5O3.2ClH/c1-4-5-18-35-29(38)27(28(37)24-12-8-6-9-13-24)32-30(39)31(35)16-19-34(20-17-31)21-26-22(2)33-36(23(26)3)25-14-10-7-11-15-25;;/h7,10-11,14-15,24,27-28,37H,4-6,8-9,12-13,16-21H2,1-3H3,(H,32,39);2*1H/t27-,28-;;/m1../s1. The molecule has 2 aliphatic heterocycles. The maximum absolute atomic E-state index is 13.9. The number of aromatic nitrogens is 2. The number of amides is 2. The Balaban J connectivity index is 0.00000231. The van der Waals surface area contributed by atoms with Crippen LogP contribution in [0.4, 0.5) is 0 Å². The van der Waals surface area contributed by atoms with Gasteiger partial charge in [0, 0.05) is 37.4 Å². The lowest BCUT2D eigenvalue weighted by atomic mass is 9.78. The summed E-state index contributed by atoms with van der Waals surface area (Å²) in [6, 6.07) is 9.36. The minimum Gasteiger partial charge on any atom is -0.390 e. The lowest BCUT2D eigenvalue weighted by Crippen LogP contribution is -2.75. The molecule has 10 heteroatoms. The second kappa shape index (κ2) is 14.4. The summed E-state index contributed by atoms with van der Waals surface area (Å²) in [7, 11) is 0. The van der Waals surface area contributed by atoms with Crippen LogP contribution in [0.1, 0.15) is 81.7 Å². The number of piperidine rings is 1. The first-order chi connectivity index (χ1) is 18.9. The van der Waals surface area contributed by atoms with Crippen molar-refractivity contribution >= 4 is 36.6 Å². The van der Waals surface area contributed by atoms with Gasteiger partial charge in [0.2, 0.25) is 11.8 Å². The summed E-state index contributed by atoms with van der Waals surface area (Å²) in [5.41, 5.74) is 3.59. The third-order valence-electron chi connectivity index (χ3n) is 9.47. The van der Waals surface area contributed by atoms with Crippen molar-refractivity contribution in [3.8, 4) is 5.69 Å². The van der Waals surface area contributed by atoms with Crippen LogP contribution in [0, 0.1) is 19.8 Å². The van der Waals surface area contributed by atoms with Gasteiger partial charge in [-0.3, -0.25) is 14.5 Å². The Kier molecular flexibility index (Phi) is 11.7. The summed E-state index contributed by atoms with van der Waals surface area (Å²) in [6.45, 7) is 9.09. The molecule has 5 rings (SSSR count). The number of rotatable bonds is 8. The van der Waals surface area contributed by atoms with Gasteiger partial charge in [0.05, 0.1) is 17.5 Å². The molecule has 1 saturated carbocycles. The SMILES string of the molecule is CCCCN1C(=O)[C@@H]([C@H](O)C2CCCCC2)NC(=O)C12CCN(Cc1c(C)nn(-c3ccccc3)c1C)CC2.Cl.Cl. The summed E-state index contributed by atoms with van der Waals surface area (Å²) in [5.74, 6) is -0.0902. The van der Waals surface area contributed by atoms with Gasteiger partial charge in [-0.1, -0.05) is 50.8 Å². The molecule has 1 aromatic carbocycles. The van der Waals surface area contributed by atoms with Crippen molar-refractivity contribution < 1.29 is 14.7 Å². The predicted molar refractivity (Wildman–Crippen MR) is 166 cm³/mol. The molecule has 3 heterocycles. The van der Waals surface area contributed by atoms with Gasteiger partial charge in [-0.25, -0.2) is 4.68 Å². The van der Waals surface area contributed by atoms with Crippen LogP contribution in [0.5, 0.6) is 0 Å². The predicted octanol–water partition coefficient (Wildman–Crippen LogP) is 4.74. The van der Waals surface area contributed by atoms with Crippen molar-refractivity contribution in [2.75, 3.05) is 19.6 Å². The Morgan fingerprint density at radius 2 is 1.71 bits per heavy atom. The number of nitrogens with one attached hydrogen (secondary N) is 1. The summed E-state index contributed by atoms with van der Waals surface area (Å²) in [5, 5.41) is 19.0. The molecule has 0 radical (unpaired) electrons. The largest absolute Gasteiger partial charge is 0.390 e. The van der Waals surface area contributed by atoms with Crippen molar-refractivity contribution in [2.24, 2.45) is 5.92 Å². The number of para-hydroxylation sites is 1. The van der Waals surface area contributed by atoms with Crippen LogP contribution in [0.2, 0.25) is 0 Å². The summed E-state index contributed by atoms with van der Waals surface area (Å²) < 4.78 is 2.01. The van der Waals surface area contributed by atoms with Crippen LogP contribution in [-0.2, 0) is 16.1 Å². The molecular formula is C31H47Cl2N5O3. The molecule has 228 valence electrons. The van der Waals surface area contributed by atoms with E-state index in [1.165, 1.54) is 12.0 Å². The Morgan fingerprint density at radius 1 is 1.05 bits per heavy atom. The van der Waals surface area contributed by atoms with Crippen LogP contribution in [0.25, 0.3) is 5.69 Å². The monoisotopic (exact) mass is 607 g/mol. The van der Waals surface area contributed by atoms with E-state index in [0.29, 0.717) is 19.4 Å². The zero-order chi connectivity index (χ0) is 27.6. The number of carbonyl (C=O) groups excluding carboxylic acids is 2. The molecule has 1 aliphatic carbocycles. The number of aliphatic hydroxyl groups is 1. The van der Waals surface area contributed by atoms with E-state index in [1.54, 1.807) is 0 Å². The average Bonchev–Trinajstić information content (AvgIpc) is 3.25. The Morgan fingerprint density at radius 3 is 2.34 bits per heavy atom. The van der Waals surface area contributed by atoms with Crippen molar-refractivity contribution in [1.82, 2.24) is 24.9 Å². The summed E-state index contributed by atoms with van der Waals surface area (Å²) >= 11 is 0. The molecule has 2 saturated heterocycles. The van der Waals surface area contributed by atoms with Gasteiger partial charge in [0.15, 0.2) is 0 Å². The maximum atomic E-state index is 13.9. The van der Waals surface area contributed by atoms with E-state index < -0.39 is 17.7 Å². The third kappa shape index (κ3) is 6.61. The number of unbranched alkanes of at least 4 members (excludes halogenated alkanes) is 1. The molecule has 2 atom stereocenters. The number of halogens is 2. The van der Waals surface area contributed by atoms with Crippen LogP contribution < -0.4 is 5.32 Å². The molecule has 2 N–H and O–H groups in total. The van der Waals surface area contributed by atoms with Gasteiger partial charge >= 0.3 is 0 Å². The molecule has 0 unspecified atom stereocenters. The van der Waals surface area contributed by atoms with Gasteiger partial charge in [-0.15, -0.1) is 24.8 Å². The first-order valence-electron chi connectivity index (χ1n) is 15.0. The van der Waals surface area contributed by atoms with E-state index in [4.69, 9.17) is 5.10 Å². The normalized spacial score (nSPS) is 22.1. The molecule has 2 aromatic rings. The van der Waals surface area contributed by atoms with Gasteiger partial charge in [0.1, 0.15) is 11.6 Å². The summed E-state index contributed by atoms with van der Waals surface area (Å²) in [6.07, 6.45) is 7.40. The van der Waals surface area contributed by atoms with Crippen LogP contribution in [0.3, 0.4) is 0 Å². The number of likely N-dealkylation sites (tertiary alicyclic amines) is 1. The zero-order valence-corrected chi connectivity index (χ0v) is 26.3. The first-order valence-corrected chi connectivity index (χ1v) is 15.0. The van der Waals surface area contributed by atoms with E-state index in [-0.39, 0.29) is 42.5 Å². The molecular weight excluding hydrogens is 561 g/mol. The van der Waals surface area contributed by atoms with E-state index in [0.717, 1.165) is 75.2 Å². The van der Waals surface area contributed by atoms with Crippen molar-refractivity contribution in [3.05, 3.63) is 47.3 Å². The second-order valence-corrected chi connectivity index (χ2v) is 11.9. The minimum absolute atomic E-state index is 0. The molecule has 2 amide bonds. The van der Waals surface area contributed by atoms with Gasteiger partial charge in [-0.2, -0.15) is 5.10 Å². The molecule has 8 nitrogen and oxygen atoms in total. The highest BCUT2D eigenvalue weighted by Crippen LogP contribution is 2.36. The number of nitrogens with zero attached hydrogens (tertiary/aromatic N) is 4. The smallest absolute Gasteiger partial charge is 0.248 e. The number of piperazine rings is 1. The van der Waals surface area contributed by atoms with Gasteiger partial charge in [-0.05, 0) is 64.0 Å².